The van der Waals surface area contributed by atoms with Crippen LogP contribution in [0.15, 0.2) is 77.9 Å². The summed E-state index contributed by atoms with van der Waals surface area (Å²) in [5.41, 5.74) is 3.45. The van der Waals surface area contributed by atoms with E-state index >= 15 is 0 Å². The van der Waals surface area contributed by atoms with Gasteiger partial charge in [-0.25, -0.2) is 5.10 Å². The quantitative estimate of drug-likeness (QED) is 0.353. The van der Waals surface area contributed by atoms with E-state index in [4.69, 9.17) is 12.2 Å². The molecule has 0 atom stereocenters. The van der Waals surface area contributed by atoms with Crippen molar-refractivity contribution in [3.05, 3.63) is 83.1 Å². The monoisotopic (exact) mass is 388 g/mol. The maximum atomic E-state index is 9.93. The van der Waals surface area contributed by atoms with E-state index < -0.39 is 0 Å². The number of hydrogen-bond acceptors (Lipinski definition) is 5. The predicted octanol–water partition coefficient (Wildman–Crippen LogP) is 4.57. The van der Waals surface area contributed by atoms with E-state index in [1.54, 1.807) is 6.07 Å². The molecule has 6 nitrogen and oxygen atoms in total. The maximum Gasteiger partial charge on any atom is 0.216 e. The zero-order valence-electron chi connectivity index (χ0n) is 14.6. The van der Waals surface area contributed by atoms with E-state index in [2.05, 4.69) is 15.3 Å². The van der Waals surface area contributed by atoms with Gasteiger partial charge in [0.15, 0.2) is 5.82 Å². The second-order valence-electron chi connectivity index (χ2n) is 6.10. The third-order valence-electron chi connectivity index (χ3n) is 4.20. The van der Waals surface area contributed by atoms with E-state index in [1.165, 1.54) is 23.0 Å². The highest BCUT2D eigenvalue weighted by Crippen LogP contribution is 2.26. The van der Waals surface area contributed by atoms with Crippen LogP contribution in [-0.2, 0) is 0 Å². The first-order valence-electron chi connectivity index (χ1n) is 8.51. The van der Waals surface area contributed by atoms with Gasteiger partial charge in [0.2, 0.25) is 4.77 Å². The number of H-pyrrole nitrogens is 1. The number of phenols is 2. The fourth-order valence-electron chi connectivity index (χ4n) is 2.82. The lowest BCUT2D eigenvalue weighted by molar-refractivity contribution is 0.450. The molecule has 28 heavy (non-hydrogen) atoms. The molecule has 0 aliphatic heterocycles. The smallest absolute Gasteiger partial charge is 0.216 e. The Morgan fingerprint density at radius 3 is 2.43 bits per heavy atom. The standard InChI is InChI=1S/C21H16N4O2S/c26-18-10-9-17(19(27)12-18)13-22-25-20(23-24-21(25)28)16-8-4-7-15(11-16)14-5-2-1-3-6-14/h1-13,26-27H,(H,24,28)/b22-13+. The molecule has 0 spiro atoms. The van der Waals surface area contributed by atoms with Crippen LogP contribution in [0.1, 0.15) is 5.56 Å². The van der Waals surface area contributed by atoms with E-state index in [-0.39, 0.29) is 11.5 Å². The Labute approximate surface area is 166 Å². The number of aromatic amines is 1. The Morgan fingerprint density at radius 2 is 1.64 bits per heavy atom. The SMILES string of the molecule is Oc1ccc(/C=N/n2c(-c3cccc(-c4ccccc4)c3)n[nH]c2=S)c(O)c1. The van der Waals surface area contributed by atoms with E-state index in [0.29, 0.717) is 16.2 Å². The zero-order chi connectivity index (χ0) is 19.5. The number of hydrogen-bond donors (Lipinski definition) is 3. The van der Waals surface area contributed by atoms with Crippen LogP contribution in [-0.4, -0.2) is 31.3 Å². The van der Waals surface area contributed by atoms with Gasteiger partial charge in [-0.05, 0) is 41.5 Å². The van der Waals surface area contributed by atoms with Gasteiger partial charge in [-0.1, -0.05) is 48.5 Å². The average Bonchev–Trinajstić information content (AvgIpc) is 3.09. The summed E-state index contributed by atoms with van der Waals surface area (Å²) in [6.07, 6.45) is 1.46. The Hall–Kier alpha value is -3.71. The largest absolute Gasteiger partial charge is 0.508 e. The van der Waals surface area contributed by atoms with Crippen molar-refractivity contribution in [2.24, 2.45) is 5.10 Å². The molecule has 1 heterocycles. The van der Waals surface area contributed by atoms with Gasteiger partial charge < -0.3 is 10.2 Å². The van der Waals surface area contributed by atoms with E-state index in [0.717, 1.165) is 16.7 Å². The molecule has 4 rings (SSSR count). The first-order valence-corrected chi connectivity index (χ1v) is 8.92. The summed E-state index contributed by atoms with van der Waals surface area (Å²) in [4.78, 5) is 0. The van der Waals surface area contributed by atoms with Crippen LogP contribution in [0, 0.1) is 4.77 Å². The number of benzene rings is 3. The number of aromatic hydroxyl groups is 2. The molecule has 0 saturated carbocycles. The summed E-state index contributed by atoms with van der Waals surface area (Å²) in [5, 5.41) is 30.7. The molecule has 0 bridgehead atoms. The Morgan fingerprint density at radius 1 is 0.893 bits per heavy atom. The molecule has 4 aromatic rings. The fraction of sp³-hybridized carbons (Fsp3) is 0. The Bertz CT molecular complexity index is 1210. The highest BCUT2D eigenvalue weighted by molar-refractivity contribution is 7.71. The summed E-state index contributed by atoms with van der Waals surface area (Å²) in [7, 11) is 0. The number of aromatic nitrogens is 3. The van der Waals surface area contributed by atoms with Gasteiger partial charge in [-0.2, -0.15) is 14.9 Å². The van der Waals surface area contributed by atoms with E-state index in [9.17, 15) is 10.2 Å². The summed E-state index contributed by atoms with van der Waals surface area (Å²) in [6.45, 7) is 0. The van der Waals surface area contributed by atoms with Crippen LogP contribution >= 0.6 is 12.2 Å². The molecule has 0 radical (unpaired) electrons. The highest BCUT2D eigenvalue weighted by Gasteiger charge is 2.10. The summed E-state index contributed by atoms with van der Waals surface area (Å²) in [6, 6.07) is 22.3. The average molecular weight is 388 g/mol. The number of nitrogens with one attached hydrogen (secondary N) is 1. The summed E-state index contributed by atoms with van der Waals surface area (Å²) < 4.78 is 1.82. The van der Waals surface area contributed by atoms with Crippen LogP contribution < -0.4 is 0 Å². The van der Waals surface area contributed by atoms with Crippen LogP contribution in [0.25, 0.3) is 22.5 Å². The van der Waals surface area contributed by atoms with Crippen LogP contribution in [0.2, 0.25) is 0 Å². The Balaban J connectivity index is 1.73. The lowest BCUT2D eigenvalue weighted by atomic mass is 10.0. The molecule has 138 valence electrons. The fourth-order valence-corrected chi connectivity index (χ4v) is 2.99. The lowest BCUT2D eigenvalue weighted by Crippen LogP contribution is -1.95. The first-order chi connectivity index (χ1) is 13.6. The van der Waals surface area contributed by atoms with Crippen LogP contribution in [0.4, 0.5) is 0 Å². The molecule has 0 aliphatic rings. The van der Waals surface area contributed by atoms with Crippen molar-refractivity contribution in [2.45, 2.75) is 0 Å². The number of phenolic OH excluding ortho intramolecular Hbond substituents is 2. The van der Waals surface area contributed by atoms with Gasteiger partial charge in [0.25, 0.3) is 0 Å². The molecular formula is C21H16N4O2S. The molecule has 3 aromatic carbocycles. The highest BCUT2D eigenvalue weighted by atomic mass is 32.1. The minimum Gasteiger partial charge on any atom is -0.508 e. The number of nitrogens with zero attached hydrogens (tertiary/aromatic N) is 3. The van der Waals surface area contributed by atoms with Crippen LogP contribution in [0.5, 0.6) is 11.5 Å². The molecule has 0 aliphatic carbocycles. The minimum absolute atomic E-state index is 0.0204. The Kier molecular flexibility index (Phi) is 4.74. The second-order valence-corrected chi connectivity index (χ2v) is 6.49. The van der Waals surface area contributed by atoms with Gasteiger partial charge in [-0.15, -0.1) is 0 Å². The molecule has 0 saturated heterocycles. The second kappa shape index (κ2) is 7.50. The van der Waals surface area contributed by atoms with E-state index in [1.807, 2.05) is 54.6 Å². The van der Waals surface area contributed by atoms with Crippen molar-refractivity contribution in [1.82, 2.24) is 14.9 Å². The summed E-state index contributed by atoms with van der Waals surface area (Å²) in [5.74, 6) is 0.455. The third-order valence-corrected chi connectivity index (χ3v) is 4.47. The molecule has 3 N–H and O–H groups in total. The number of rotatable bonds is 4. The van der Waals surface area contributed by atoms with Crippen molar-refractivity contribution < 1.29 is 10.2 Å². The van der Waals surface area contributed by atoms with Gasteiger partial charge in [-0.3, -0.25) is 0 Å². The summed E-state index contributed by atoms with van der Waals surface area (Å²) >= 11 is 5.30. The van der Waals surface area contributed by atoms with Crippen LogP contribution in [0.3, 0.4) is 0 Å². The van der Waals surface area contributed by atoms with Gasteiger partial charge >= 0.3 is 0 Å². The van der Waals surface area contributed by atoms with Gasteiger partial charge in [0.1, 0.15) is 11.5 Å². The van der Waals surface area contributed by atoms with Gasteiger partial charge in [0, 0.05) is 17.2 Å². The topological polar surface area (TPSA) is 86.4 Å². The van der Waals surface area contributed by atoms with Crippen molar-refractivity contribution in [2.75, 3.05) is 0 Å². The van der Waals surface area contributed by atoms with Crippen molar-refractivity contribution in [3.8, 4) is 34.0 Å². The normalized spacial score (nSPS) is 11.1. The molecule has 7 heteroatoms. The third kappa shape index (κ3) is 3.56. The molecule has 0 amide bonds. The molecular weight excluding hydrogens is 372 g/mol. The van der Waals surface area contributed by atoms with Crippen molar-refractivity contribution in [3.63, 3.8) is 0 Å². The maximum absolute atomic E-state index is 9.93. The van der Waals surface area contributed by atoms with Crippen molar-refractivity contribution in [1.29, 1.82) is 0 Å². The predicted molar refractivity (Wildman–Crippen MR) is 111 cm³/mol. The minimum atomic E-state index is -0.0774. The molecule has 0 fully saturated rings. The van der Waals surface area contributed by atoms with Gasteiger partial charge in [0.05, 0.1) is 6.21 Å². The van der Waals surface area contributed by atoms with Crippen molar-refractivity contribution >= 4 is 18.4 Å². The first kappa shape index (κ1) is 17.7. The molecule has 0 unspecified atom stereocenters. The molecule has 1 aromatic heterocycles. The zero-order valence-corrected chi connectivity index (χ0v) is 15.5. The lowest BCUT2D eigenvalue weighted by Gasteiger charge is -2.05.